The average Bonchev–Trinajstić information content (AvgIpc) is 3.30. The number of carbonyl (C=O) groups is 1. The molecule has 0 radical (unpaired) electrons. The summed E-state index contributed by atoms with van der Waals surface area (Å²) in [5.74, 6) is 0.547. The minimum Gasteiger partial charge on any atom is -0.457 e. The third kappa shape index (κ3) is 7.03. The highest BCUT2D eigenvalue weighted by Crippen LogP contribution is 2.31. The van der Waals surface area contributed by atoms with Gasteiger partial charge in [-0.2, -0.15) is 0 Å². The molecule has 0 saturated carbocycles. The fourth-order valence-electron chi connectivity index (χ4n) is 3.95. The van der Waals surface area contributed by atoms with Crippen molar-refractivity contribution in [3.8, 4) is 22.8 Å². The number of aromatic nitrogens is 2. The number of sulfone groups is 1. The molecule has 0 fully saturated rings. The van der Waals surface area contributed by atoms with Gasteiger partial charge in [-0.05, 0) is 81.0 Å². The number of pyridine rings is 1. The van der Waals surface area contributed by atoms with Crippen molar-refractivity contribution in [3.05, 3.63) is 83.0 Å². The number of amides is 1. The van der Waals surface area contributed by atoms with E-state index in [9.17, 15) is 13.2 Å². The summed E-state index contributed by atoms with van der Waals surface area (Å²) in [6.45, 7) is 5.77. The summed E-state index contributed by atoms with van der Waals surface area (Å²) in [4.78, 5) is 24.7. The maximum Gasteiger partial charge on any atom is 0.257 e. The number of hydrogen-bond acceptors (Lipinski definition) is 8. The van der Waals surface area contributed by atoms with E-state index in [0.717, 1.165) is 41.7 Å². The highest BCUT2D eigenvalue weighted by Gasteiger charge is 2.16. The molecule has 0 spiro atoms. The molecule has 0 saturated heterocycles. The minimum absolute atomic E-state index is 0.200. The Kier molecular flexibility index (Phi) is 8.55. The molecule has 8 nitrogen and oxygen atoms in total. The van der Waals surface area contributed by atoms with Crippen molar-refractivity contribution in [3.63, 3.8) is 0 Å². The van der Waals surface area contributed by atoms with Crippen LogP contribution in [0.4, 0.5) is 5.13 Å². The van der Waals surface area contributed by atoms with Gasteiger partial charge in [0.25, 0.3) is 5.91 Å². The van der Waals surface area contributed by atoms with Crippen LogP contribution in [0.2, 0.25) is 0 Å². The van der Waals surface area contributed by atoms with Crippen LogP contribution in [0, 0.1) is 6.92 Å². The van der Waals surface area contributed by atoms with Crippen molar-refractivity contribution < 1.29 is 17.9 Å². The Bertz CT molecular complexity index is 1530. The topological polar surface area (TPSA) is 101 Å². The zero-order chi connectivity index (χ0) is 27.3. The Morgan fingerprint density at radius 2 is 1.87 bits per heavy atom. The first-order chi connectivity index (χ1) is 18.1. The number of anilines is 1. The Labute approximate surface area is 227 Å². The molecule has 0 bridgehead atoms. The van der Waals surface area contributed by atoms with E-state index in [0.29, 0.717) is 28.7 Å². The smallest absolute Gasteiger partial charge is 0.257 e. The third-order valence-corrected chi connectivity index (χ3v) is 7.68. The van der Waals surface area contributed by atoms with E-state index in [1.807, 2.05) is 37.6 Å². The second kappa shape index (κ2) is 11.8. The lowest BCUT2D eigenvalue weighted by atomic mass is 10.0. The lowest BCUT2D eigenvalue weighted by Gasteiger charge is -2.13. The van der Waals surface area contributed by atoms with Gasteiger partial charge in [-0.3, -0.25) is 15.1 Å². The van der Waals surface area contributed by atoms with E-state index < -0.39 is 9.84 Å². The summed E-state index contributed by atoms with van der Waals surface area (Å²) in [7, 11) is -1.28. The number of benzene rings is 2. The third-order valence-electron chi connectivity index (χ3n) is 5.75. The average molecular weight is 551 g/mol. The van der Waals surface area contributed by atoms with Gasteiger partial charge in [0.2, 0.25) is 0 Å². The van der Waals surface area contributed by atoms with Crippen molar-refractivity contribution >= 4 is 32.2 Å². The summed E-state index contributed by atoms with van der Waals surface area (Å²) in [6.07, 6.45) is 3.91. The molecule has 10 heteroatoms. The van der Waals surface area contributed by atoms with E-state index in [2.05, 4.69) is 27.1 Å². The number of hydrogen-bond donors (Lipinski definition) is 1. The van der Waals surface area contributed by atoms with Crippen LogP contribution in [-0.2, 0) is 16.4 Å². The van der Waals surface area contributed by atoms with Crippen LogP contribution in [0.25, 0.3) is 11.3 Å². The van der Waals surface area contributed by atoms with E-state index in [1.54, 1.807) is 30.5 Å². The first kappa shape index (κ1) is 27.4. The molecular formula is C28H30N4O4S2. The van der Waals surface area contributed by atoms with Crippen LogP contribution >= 0.6 is 11.3 Å². The number of carbonyl (C=O) groups excluding carboxylic acids is 1. The summed E-state index contributed by atoms with van der Waals surface area (Å²) < 4.78 is 29.6. The number of nitrogens with zero attached hydrogens (tertiary/aromatic N) is 3. The maximum absolute atomic E-state index is 13.3. The molecule has 1 N–H and O–H groups in total. The molecule has 2 aromatic carbocycles. The monoisotopic (exact) mass is 550 g/mol. The summed E-state index contributed by atoms with van der Waals surface area (Å²) in [5.41, 5.74) is 3.69. The van der Waals surface area contributed by atoms with Gasteiger partial charge >= 0.3 is 0 Å². The Hall–Kier alpha value is -3.60. The molecule has 2 heterocycles. The van der Waals surface area contributed by atoms with Gasteiger partial charge in [0, 0.05) is 35.5 Å². The zero-order valence-corrected chi connectivity index (χ0v) is 23.4. The van der Waals surface area contributed by atoms with Crippen molar-refractivity contribution in [2.75, 3.05) is 25.2 Å². The van der Waals surface area contributed by atoms with E-state index in [4.69, 9.17) is 4.74 Å². The summed E-state index contributed by atoms with van der Waals surface area (Å²) >= 11 is 1.38. The largest absolute Gasteiger partial charge is 0.457 e. The predicted octanol–water partition coefficient (Wildman–Crippen LogP) is 5.80. The second-order valence-electron chi connectivity index (χ2n) is 9.10. The Morgan fingerprint density at radius 3 is 2.55 bits per heavy atom. The predicted molar refractivity (Wildman–Crippen MR) is 151 cm³/mol. The molecular weight excluding hydrogens is 520 g/mol. The second-order valence-corrected chi connectivity index (χ2v) is 12.0. The van der Waals surface area contributed by atoms with Crippen LogP contribution in [-0.4, -0.2) is 49.0 Å². The van der Waals surface area contributed by atoms with Gasteiger partial charge in [0.05, 0.1) is 16.3 Å². The standard InChI is InChI=1S/C28H30N4O4S2/c1-5-13-32(3)17-22-18-37-28(30-22)31-27(33)21-14-20(26-19(2)7-6-12-29-26)15-24(16-21)36-23-8-10-25(11-9-23)38(4,34)35/h6-12,14-16,18H,5,13,17H2,1-4H3,(H,30,31,33). The molecule has 38 heavy (non-hydrogen) atoms. The van der Waals surface area contributed by atoms with Crippen molar-refractivity contribution in [2.45, 2.75) is 31.7 Å². The summed E-state index contributed by atoms with van der Waals surface area (Å²) in [6, 6.07) is 15.2. The van der Waals surface area contributed by atoms with Crippen LogP contribution in [0.1, 0.15) is 35.0 Å². The molecule has 0 unspecified atom stereocenters. The van der Waals surface area contributed by atoms with Crippen LogP contribution in [0.15, 0.2) is 71.1 Å². The SMILES string of the molecule is CCCN(C)Cc1csc(NC(=O)c2cc(Oc3ccc(S(C)(=O)=O)cc3)cc(-c3ncccc3C)c2)n1. The summed E-state index contributed by atoms with van der Waals surface area (Å²) in [5, 5.41) is 5.37. The van der Waals surface area contributed by atoms with Crippen molar-refractivity contribution in [2.24, 2.45) is 0 Å². The number of aryl methyl sites for hydroxylation is 1. The van der Waals surface area contributed by atoms with Crippen LogP contribution < -0.4 is 10.1 Å². The molecule has 1 amide bonds. The van der Waals surface area contributed by atoms with E-state index >= 15 is 0 Å². The van der Waals surface area contributed by atoms with E-state index in [1.165, 1.54) is 23.5 Å². The number of thiazole rings is 1. The molecule has 4 aromatic rings. The number of rotatable bonds is 10. The first-order valence-corrected chi connectivity index (χ1v) is 14.9. The Balaban J connectivity index is 1.62. The lowest BCUT2D eigenvalue weighted by Crippen LogP contribution is -2.18. The lowest BCUT2D eigenvalue weighted by molar-refractivity contribution is 0.102. The number of ether oxygens (including phenoxy) is 1. The van der Waals surface area contributed by atoms with Gasteiger partial charge in [-0.25, -0.2) is 13.4 Å². The van der Waals surface area contributed by atoms with Gasteiger partial charge in [0.1, 0.15) is 11.5 Å². The van der Waals surface area contributed by atoms with Gasteiger partial charge in [0.15, 0.2) is 15.0 Å². The number of nitrogens with one attached hydrogen (secondary N) is 1. The fourth-order valence-corrected chi connectivity index (χ4v) is 5.28. The van der Waals surface area contributed by atoms with E-state index in [-0.39, 0.29) is 10.8 Å². The van der Waals surface area contributed by atoms with Crippen LogP contribution in [0.3, 0.4) is 0 Å². The molecule has 0 atom stereocenters. The van der Waals surface area contributed by atoms with Crippen LogP contribution in [0.5, 0.6) is 11.5 Å². The van der Waals surface area contributed by atoms with Gasteiger partial charge in [-0.1, -0.05) is 13.0 Å². The maximum atomic E-state index is 13.3. The molecule has 4 rings (SSSR count). The molecule has 0 aliphatic rings. The Morgan fingerprint density at radius 1 is 1.11 bits per heavy atom. The molecule has 198 valence electrons. The normalized spacial score (nSPS) is 11.5. The highest BCUT2D eigenvalue weighted by molar-refractivity contribution is 7.90. The quantitative estimate of drug-likeness (QED) is 0.266. The minimum atomic E-state index is -3.32. The first-order valence-electron chi connectivity index (χ1n) is 12.1. The van der Waals surface area contributed by atoms with Crippen molar-refractivity contribution in [1.29, 1.82) is 0 Å². The highest BCUT2D eigenvalue weighted by atomic mass is 32.2. The van der Waals surface area contributed by atoms with Gasteiger partial charge < -0.3 is 9.64 Å². The van der Waals surface area contributed by atoms with Crippen molar-refractivity contribution in [1.82, 2.24) is 14.9 Å². The molecule has 2 aromatic heterocycles. The molecule has 0 aliphatic heterocycles. The zero-order valence-electron chi connectivity index (χ0n) is 21.8. The fraction of sp³-hybridized carbons (Fsp3) is 0.250. The van der Waals surface area contributed by atoms with Gasteiger partial charge in [-0.15, -0.1) is 11.3 Å². The molecule has 0 aliphatic carbocycles.